The van der Waals surface area contributed by atoms with Gasteiger partial charge in [-0.3, -0.25) is 0 Å². The molecule has 2 rings (SSSR count). The van der Waals surface area contributed by atoms with Crippen LogP contribution >= 0.6 is 22.9 Å². The molecule has 2 nitrogen and oxygen atoms in total. The van der Waals surface area contributed by atoms with E-state index in [4.69, 9.17) is 16.3 Å². The van der Waals surface area contributed by atoms with Gasteiger partial charge in [-0.1, -0.05) is 11.6 Å². The predicted octanol–water partition coefficient (Wildman–Crippen LogP) is 4.89. The van der Waals surface area contributed by atoms with Crippen LogP contribution in [0.15, 0.2) is 29.6 Å². The van der Waals surface area contributed by atoms with E-state index < -0.39 is 0 Å². The highest BCUT2D eigenvalue weighted by molar-refractivity contribution is 7.10. The Morgan fingerprint density at radius 3 is 2.72 bits per heavy atom. The molecular formula is C14H16ClNOS. The maximum atomic E-state index is 6.18. The Balaban J connectivity index is 2.21. The summed E-state index contributed by atoms with van der Waals surface area (Å²) >= 11 is 7.94. The summed E-state index contributed by atoms with van der Waals surface area (Å²) in [5.74, 6) is 0.803. The third-order valence-corrected chi connectivity index (χ3v) is 4.37. The quantitative estimate of drug-likeness (QED) is 0.861. The van der Waals surface area contributed by atoms with Crippen molar-refractivity contribution in [3.63, 3.8) is 0 Å². The molecule has 0 saturated heterocycles. The second-order valence-corrected chi connectivity index (χ2v) is 5.53. The van der Waals surface area contributed by atoms with Crippen LogP contribution < -0.4 is 10.1 Å². The maximum Gasteiger partial charge on any atom is 0.121 e. The van der Waals surface area contributed by atoms with Crippen molar-refractivity contribution in [1.82, 2.24) is 0 Å². The van der Waals surface area contributed by atoms with E-state index in [9.17, 15) is 0 Å². The van der Waals surface area contributed by atoms with Gasteiger partial charge in [0.1, 0.15) is 5.75 Å². The van der Waals surface area contributed by atoms with Gasteiger partial charge in [-0.25, -0.2) is 0 Å². The van der Waals surface area contributed by atoms with Gasteiger partial charge >= 0.3 is 0 Å². The minimum absolute atomic E-state index is 0.231. The van der Waals surface area contributed by atoms with Crippen molar-refractivity contribution >= 4 is 28.6 Å². The number of thiophene rings is 1. The minimum Gasteiger partial charge on any atom is -0.497 e. The summed E-state index contributed by atoms with van der Waals surface area (Å²) < 4.78 is 5.21. The van der Waals surface area contributed by atoms with Gasteiger partial charge in [0.15, 0.2) is 0 Å². The number of halogens is 1. The number of aryl methyl sites for hydroxylation is 1. The van der Waals surface area contributed by atoms with Crippen LogP contribution in [0.4, 0.5) is 5.69 Å². The van der Waals surface area contributed by atoms with Crippen LogP contribution in [0.2, 0.25) is 5.02 Å². The van der Waals surface area contributed by atoms with Crippen molar-refractivity contribution in [2.45, 2.75) is 19.9 Å². The molecule has 0 aliphatic rings. The molecule has 96 valence electrons. The summed E-state index contributed by atoms with van der Waals surface area (Å²) in [7, 11) is 1.65. The van der Waals surface area contributed by atoms with Gasteiger partial charge in [-0.05, 0) is 43.0 Å². The van der Waals surface area contributed by atoms with Crippen molar-refractivity contribution in [2.75, 3.05) is 12.4 Å². The fourth-order valence-electron chi connectivity index (χ4n) is 1.87. The molecule has 4 heteroatoms. The first-order valence-corrected chi connectivity index (χ1v) is 7.01. The van der Waals surface area contributed by atoms with Crippen molar-refractivity contribution in [1.29, 1.82) is 0 Å². The molecule has 0 saturated carbocycles. The predicted molar refractivity (Wildman–Crippen MR) is 79.1 cm³/mol. The molecule has 2 aromatic rings. The molecule has 18 heavy (non-hydrogen) atoms. The molecule has 1 unspecified atom stereocenters. The first kappa shape index (κ1) is 13.2. The fraction of sp³-hybridized carbons (Fsp3) is 0.286. The van der Waals surface area contributed by atoms with Gasteiger partial charge in [-0.15, -0.1) is 11.3 Å². The third kappa shape index (κ3) is 2.79. The van der Waals surface area contributed by atoms with E-state index >= 15 is 0 Å². The molecular weight excluding hydrogens is 266 g/mol. The van der Waals surface area contributed by atoms with Crippen molar-refractivity contribution in [2.24, 2.45) is 0 Å². The first-order chi connectivity index (χ1) is 8.61. The van der Waals surface area contributed by atoms with E-state index in [2.05, 4.69) is 30.6 Å². The molecule has 1 atom stereocenters. The average molecular weight is 282 g/mol. The zero-order valence-corrected chi connectivity index (χ0v) is 12.2. The van der Waals surface area contributed by atoms with Crippen LogP contribution in [0, 0.1) is 6.92 Å². The van der Waals surface area contributed by atoms with Gasteiger partial charge < -0.3 is 10.1 Å². The molecule has 0 spiro atoms. The Kier molecular flexibility index (Phi) is 4.15. The summed E-state index contributed by atoms with van der Waals surface area (Å²) in [6.45, 7) is 4.26. The molecule has 0 aliphatic heterocycles. The maximum absolute atomic E-state index is 6.18. The van der Waals surface area contributed by atoms with Crippen LogP contribution in [0.1, 0.15) is 23.4 Å². The third-order valence-electron chi connectivity index (χ3n) is 2.84. The van der Waals surface area contributed by atoms with E-state index in [0.29, 0.717) is 5.02 Å². The number of hydrogen-bond donors (Lipinski definition) is 1. The van der Waals surface area contributed by atoms with E-state index in [1.807, 2.05) is 18.2 Å². The Morgan fingerprint density at radius 1 is 1.33 bits per heavy atom. The van der Waals surface area contributed by atoms with Crippen LogP contribution in [0.25, 0.3) is 0 Å². The summed E-state index contributed by atoms with van der Waals surface area (Å²) in [5, 5.41) is 6.24. The Labute approximate surface area is 117 Å². The normalized spacial score (nSPS) is 12.2. The highest BCUT2D eigenvalue weighted by Crippen LogP contribution is 2.32. The smallest absolute Gasteiger partial charge is 0.121 e. The lowest BCUT2D eigenvalue weighted by Crippen LogP contribution is -2.06. The zero-order chi connectivity index (χ0) is 13.1. The monoisotopic (exact) mass is 281 g/mol. The van der Waals surface area contributed by atoms with E-state index in [1.54, 1.807) is 18.4 Å². The topological polar surface area (TPSA) is 21.3 Å². The molecule has 1 aromatic heterocycles. The van der Waals surface area contributed by atoms with E-state index in [0.717, 1.165) is 11.4 Å². The van der Waals surface area contributed by atoms with Crippen LogP contribution in [-0.2, 0) is 0 Å². The molecule has 1 N–H and O–H groups in total. The Bertz CT molecular complexity index is 538. The minimum atomic E-state index is 0.231. The summed E-state index contributed by atoms with van der Waals surface area (Å²) in [6, 6.07) is 7.98. The molecule has 0 bridgehead atoms. The standard InChI is InChI=1S/C14H16ClNOS/c1-9-6-7-18-14(9)10(2)16-13-8-11(17-3)4-5-12(13)15/h4-8,10,16H,1-3H3. The molecule has 0 fully saturated rings. The lowest BCUT2D eigenvalue weighted by molar-refractivity contribution is 0.415. The number of anilines is 1. The van der Waals surface area contributed by atoms with Gasteiger partial charge in [-0.2, -0.15) is 0 Å². The summed E-state index contributed by atoms with van der Waals surface area (Å²) in [4.78, 5) is 1.33. The highest BCUT2D eigenvalue weighted by atomic mass is 35.5. The Morgan fingerprint density at radius 2 is 2.11 bits per heavy atom. The average Bonchev–Trinajstić information content (AvgIpc) is 2.78. The number of methoxy groups -OCH3 is 1. The van der Waals surface area contributed by atoms with E-state index in [1.165, 1.54) is 10.4 Å². The highest BCUT2D eigenvalue weighted by Gasteiger charge is 2.11. The summed E-state index contributed by atoms with van der Waals surface area (Å²) in [5.41, 5.74) is 2.20. The summed E-state index contributed by atoms with van der Waals surface area (Å²) in [6.07, 6.45) is 0. The van der Waals surface area contributed by atoms with Crippen LogP contribution in [0.3, 0.4) is 0 Å². The second-order valence-electron chi connectivity index (χ2n) is 4.18. The lowest BCUT2D eigenvalue weighted by atomic mass is 10.2. The van der Waals surface area contributed by atoms with Crippen molar-refractivity contribution in [3.8, 4) is 5.75 Å². The van der Waals surface area contributed by atoms with Gasteiger partial charge in [0.2, 0.25) is 0 Å². The van der Waals surface area contributed by atoms with Crippen LogP contribution in [0.5, 0.6) is 5.75 Å². The molecule has 1 aromatic carbocycles. The number of ether oxygens (including phenoxy) is 1. The van der Waals surface area contributed by atoms with Crippen LogP contribution in [-0.4, -0.2) is 7.11 Å². The molecule has 0 amide bonds. The first-order valence-electron chi connectivity index (χ1n) is 5.76. The zero-order valence-electron chi connectivity index (χ0n) is 10.7. The SMILES string of the molecule is COc1ccc(Cl)c(NC(C)c2sccc2C)c1. The molecule has 0 aliphatic carbocycles. The Hall–Kier alpha value is -1.19. The van der Waals surface area contributed by atoms with E-state index in [-0.39, 0.29) is 6.04 Å². The number of rotatable bonds is 4. The fourth-order valence-corrected chi connectivity index (χ4v) is 2.98. The molecule has 0 radical (unpaired) electrons. The number of nitrogens with one attached hydrogen (secondary N) is 1. The largest absolute Gasteiger partial charge is 0.497 e. The lowest BCUT2D eigenvalue weighted by Gasteiger charge is -2.16. The molecule has 1 heterocycles. The van der Waals surface area contributed by atoms with Crippen molar-refractivity contribution in [3.05, 3.63) is 45.1 Å². The van der Waals surface area contributed by atoms with Gasteiger partial charge in [0.05, 0.1) is 23.9 Å². The van der Waals surface area contributed by atoms with Crippen molar-refractivity contribution < 1.29 is 4.74 Å². The second kappa shape index (κ2) is 5.63. The van der Waals surface area contributed by atoms with Gasteiger partial charge in [0, 0.05) is 10.9 Å². The van der Waals surface area contributed by atoms with Gasteiger partial charge in [0.25, 0.3) is 0 Å². The number of hydrogen-bond acceptors (Lipinski definition) is 3. The number of benzene rings is 1.